The molecule has 0 radical (unpaired) electrons. The van der Waals surface area contributed by atoms with Gasteiger partial charge in [0.15, 0.2) is 0 Å². The summed E-state index contributed by atoms with van der Waals surface area (Å²) in [6.07, 6.45) is 4.38. The first-order chi connectivity index (χ1) is 5.22. The number of hydrogen-bond donors (Lipinski definition) is 0. The van der Waals surface area contributed by atoms with Crippen LogP contribution in [0.4, 0.5) is 0 Å². The standard InChI is InChI=1S/C9H17NO/c1-4-9(8(2)3)5-6-10-7-11/h6-9H,4-5H2,1-3H3. The maximum atomic E-state index is 9.85. The Bertz CT molecular complexity index is 130. The van der Waals surface area contributed by atoms with Crippen LogP contribution in [0.25, 0.3) is 0 Å². The summed E-state index contributed by atoms with van der Waals surface area (Å²) in [6.45, 7) is 6.56. The van der Waals surface area contributed by atoms with E-state index in [1.54, 1.807) is 6.21 Å². The van der Waals surface area contributed by atoms with Crippen molar-refractivity contribution in [3.63, 3.8) is 0 Å². The van der Waals surface area contributed by atoms with Crippen molar-refractivity contribution in [1.82, 2.24) is 0 Å². The fourth-order valence-electron chi connectivity index (χ4n) is 1.15. The minimum absolute atomic E-state index is 0.590. The predicted octanol–water partition coefficient (Wildman–Crippen LogP) is 2.29. The SMILES string of the molecule is CCC(CC=NC=O)C(C)C. The monoisotopic (exact) mass is 155 g/mol. The van der Waals surface area contributed by atoms with Crippen LogP contribution in [0.2, 0.25) is 0 Å². The van der Waals surface area contributed by atoms with Crippen LogP contribution in [-0.2, 0) is 4.79 Å². The molecule has 0 aromatic heterocycles. The summed E-state index contributed by atoms with van der Waals surface area (Å²) >= 11 is 0. The molecule has 0 aromatic rings. The molecule has 1 unspecified atom stereocenters. The van der Waals surface area contributed by atoms with Gasteiger partial charge in [0, 0.05) is 6.21 Å². The van der Waals surface area contributed by atoms with E-state index in [2.05, 4.69) is 25.8 Å². The molecule has 0 aliphatic carbocycles. The van der Waals surface area contributed by atoms with Gasteiger partial charge in [0.25, 0.3) is 0 Å². The second kappa shape index (κ2) is 6.08. The van der Waals surface area contributed by atoms with Gasteiger partial charge in [-0.25, -0.2) is 4.99 Å². The molecule has 1 amide bonds. The van der Waals surface area contributed by atoms with Crippen LogP contribution < -0.4 is 0 Å². The molecule has 2 heteroatoms. The summed E-state index contributed by atoms with van der Waals surface area (Å²) < 4.78 is 0. The highest BCUT2D eigenvalue weighted by molar-refractivity contribution is 5.69. The molecule has 0 N–H and O–H groups in total. The molecule has 0 saturated carbocycles. The second-order valence-corrected chi connectivity index (χ2v) is 3.09. The summed E-state index contributed by atoms with van der Waals surface area (Å²) in [6, 6.07) is 0. The first kappa shape index (κ1) is 10.3. The van der Waals surface area contributed by atoms with E-state index in [-0.39, 0.29) is 0 Å². The highest BCUT2D eigenvalue weighted by atomic mass is 16.1. The topological polar surface area (TPSA) is 29.4 Å². The van der Waals surface area contributed by atoms with Gasteiger partial charge in [-0.1, -0.05) is 27.2 Å². The molecule has 0 spiro atoms. The molecule has 0 fully saturated rings. The highest BCUT2D eigenvalue weighted by Gasteiger charge is 2.08. The number of nitrogens with zero attached hydrogens (tertiary/aromatic N) is 1. The van der Waals surface area contributed by atoms with Crippen LogP contribution >= 0.6 is 0 Å². The third kappa shape index (κ3) is 4.71. The van der Waals surface area contributed by atoms with E-state index in [9.17, 15) is 4.79 Å². The minimum Gasteiger partial charge on any atom is -0.276 e. The Balaban J connectivity index is 3.68. The van der Waals surface area contributed by atoms with Gasteiger partial charge in [0.05, 0.1) is 0 Å². The van der Waals surface area contributed by atoms with E-state index in [1.807, 2.05) is 0 Å². The molecule has 0 heterocycles. The summed E-state index contributed by atoms with van der Waals surface area (Å²) in [5, 5.41) is 0. The Morgan fingerprint density at radius 2 is 2.09 bits per heavy atom. The third-order valence-corrected chi connectivity index (χ3v) is 2.04. The lowest BCUT2D eigenvalue weighted by atomic mass is 9.91. The van der Waals surface area contributed by atoms with Crippen molar-refractivity contribution in [1.29, 1.82) is 0 Å². The lowest BCUT2D eigenvalue weighted by Crippen LogP contribution is -2.07. The van der Waals surface area contributed by atoms with Crippen LogP contribution in [-0.4, -0.2) is 12.6 Å². The van der Waals surface area contributed by atoms with Crippen molar-refractivity contribution in [2.45, 2.75) is 33.6 Å². The molecule has 0 aliphatic rings. The van der Waals surface area contributed by atoms with Crippen molar-refractivity contribution >= 4 is 12.6 Å². The average molecular weight is 155 g/mol. The van der Waals surface area contributed by atoms with Gasteiger partial charge in [-0.2, -0.15) is 0 Å². The first-order valence-electron chi connectivity index (χ1n) is 4.17. The van der Waals surface area contributed by atoms with Crippen molar-refractivity contribution in [3.05, 3.63) is 0 Å². The third-order valence-electron chi connectivity index (χ3n) is 2.04. The minimum atomic E-state index is 0.590. The zero-order valence-electron chi connectivity index (χ0n) is 7.58. The summed E-state index contributed by atoms with van der Waals surface area (Å²) in [5.74, 6) is 1.34. The molecule has 2 nitrogen and oxygen atoms in total. The molecular weight excluding hydrogens is 138 g/mol. The smallest absolute Gasteiger partial charge is 0.232 e. The zero-order chi connectivity index (χ0) is 8.69. The van der Waals surface area contributed by atoms with Crippen molar-refractivity contribution in [2.24, 2.45) is 16.8 Å². The molecule has 64 valence electrons. The number of carbonyl (C=O) groups is 1. The highest BCUT2D eigenvalue weighted by Crippen LogP contribution is 2.17. The van der Waals surface area contributed by atoms with Crippen LogP contribution in [0.15, 0.2) is 4.99 Å². The van der Waals surface area contributed by atoms with Crippen LogP contribution in [0.5, 0.6) is 0 Å². The van der Waals surface area contributed by atoms with Gasteiger partial charge < -0.3 is 0 Å². The largest absolute Gasteiger partial charge is 0.276 e. The van der Waals surface area contributed by atoms with E-state index < -0.39 is 0 Å². The van der Waals surface area contributed by atoms with Gasteiger partial charge in [-0.3, -0.25) is 4.79 Å². The Morgan fingerprint density at radius 3 is 2.45 bits per heavy atom. The predicted molar refractivity (Wildman–Crippen MR) is 47.8 cm³/mol. The van der Waals surface area contributed by atoms with Gasteiger partial charge in [-0.05, 0) is 18.3 Å². The van der Waals surface area contributed by atoms with Crippen LogP contribution in [0, 0.1) is 11.8 Å². The van der Waals surface area contributed by atoms with Gasteiger partial charge in [0.1, 0.15) is 0 Å². The number of hydrogen-bond acceptors (Lipinski definition) is 1. The van der Waals surface area contributed by atoms with E-state index >= 15 is 0 Å². The van der Waals surface area contributed by atoms with Crippen molar-refractivity contribution in [2.75, 3.05) is 0 Å². The number of carbonyl (C=O) groups excluding carboxylic acids is 1. The first-order valence-corrected chi connectivity index (χ1v) is 4.17. The average Bonchev–Trinajstić information content (AvgIpc) is 1.97. The van der Waals surface area contributed by atoms with E-state index in [1.165, 1.54) is 0 Å². The van der Waals surface area contributed by atoms with E-state index in [0.717, 1.165) is 12.8 Å². The lowest BCUT2D eigenvalue weighted by Gasteiger charge is -2.15. The molecular formula is C9H17NO. The molecule has 0 aromatic carbocycles. The Kier molecular flexibility index (Phi) is 5.71. The normalized spacial score (nSPS) is 14.2. The quantitative estimate of drug-likeness (QED) is 0.442. The van der Waals surface area contributed by atoms with E-state index in [4.69, 9.17) is 0 Å². The number of aliphatic imine (C=N–C) groups is 1. The Labute approximate surface area is 68.7 Å². The number of rotatable bonds is 5. The fraction of sp³-hybridized carbons (Fsp3) is 0.778. The summed E-state index contributed by atoms with van der Waals surface area (Å²) in [4.78, 5) is 13.4. The van der Waals surface area contributed by atoms with Crippen LogP contribution in [0.1, 0.15) is 33.6 Å². The second-order valence-electron chi connectivity index (χ2n) is 3.09. The summed E-state index contributed by atoms with van der Waals surface area (Å²) in [7, 11) is 0. The summed E-state index contributed by atoms with van der Waals surface area (Å²) in [5.41, 5.74) is 0. The van der Waals surface area contributed by atoms with Crippen molar-refractivity contribution in [3.8, 4) is 0 Å². The van der Waals surface area contributed by atoms with Crippen molar-refractivity contribution < 1.29 is 4.79 Å². The maximum Gasteiger partial charge on any atom is 0.232 e. The van der Waals surface area contributed by atoms with Gasteiger partial charge >= 0.3 is 0 Å². The molecule has 11 heavy (non-hydrogen) atoms. The fourth-order valence-corrected chi connectivity index (χ4v) is 1.15. The maximum absolute atomic E-state index is 9.85. The van der Waals surface area contributed by atoms with E-state index in [0.29, 0.717) is 18.2 Å². The molecule has 0 bridgehead atoms. The Hall–Kier alpha value is -0.660. The van der Waals surface area contributed by atoms with Gasteiger partial charge in [-0.15, -0.1) is 0 Å². The lowest BCUT2D eigenvalue weighted by molar-refractivity contribution is -0.106. The zero-order valence-corrected chi connectivity index (χ0v) is 7.58. The van der Waals surface area contributed by atoms with Crippen LogP contribution in [0.3, 0.4) is 0 Å². The Morgan fingerprint density at radius 1 is 1.45 bits per heavy atom. The molecule has 0 aliphatic heterocycles. The molecule has 0 saturated heterocycles. The number of amides is 1. The molecule has 1 atom stereocenters. The molecule has 0 rings (SSSR count). The van der Waals surface area contributed by atoms with Gasteiger partial charge in [0.2, 0.25) is 6.41 Å².